The number of fused-ring (bicyclic) bond motifs is 1. The van der Waals surface area contributed by atoms with Crippen molar-refractivity contribution >= 4 is 17.0 Å². The van der Waals surface area contributed by atoms with Gasteiger partial charge in [0.1, 0.15) is 0 Å². The highest BCUT2D eigenvalue weighted by Gasteiger charge is 2.08. The summed E-state index contributed by atoms with van der Waals surface area (Å²) in [5.74, 6) is -1.09. The number of nitrogens with zero attached hydrogens (tertiary/aromatic N) is 5. The van der Waals surface area contributed by atoms with Gasteiger partial charge in [-0.3, -0.25) is 9.97 Å². The first-order chi connectivity index (χ1) is 9.22. The number of carboxylic acid groups (broad SMARTS) is 1. The number of benzene rings is 1. The molecule has 7 heteroatoms. The lowest BCUT2D eigenvalue weighted by Gasteiger charge is -2.02. The average Bonchev–Trinajstić information content (AvgIpc) is 2.87. The molecule has 0 radical (unpaired) electrons. The van der Waals surface area contributed by atoms with E-state index in [1.165, 1.54) is 10.9 Å². The van der Waals surface area contributed by atoms with Gasteiger partial charge in [0, 0.05) is 12.4 Å². The minimum atomic E-state index is -1.09. The Kier molecular flexibility index (Phi) is 2.64. The molecule has 3 aromatic rings. The molecule has 0 spiro atoms. The number of aromatic carboxylic acids is 1. The van der Waals surface area contributed by atoms with Gasteiger partial charge in [0.05, 0.1) is 23.8 Å². The molecule has 0 saturated heterocycles. The van der Waals surface area contributed by atoms with E-state index >= 15 is 0 Å². The number of carbonyl (C=O) groups is 1. The quantitative estimate of drug-likeness (QED) is 0.749. The van der Waals surface area contributed by atoms with Crippen molar-refractivity contribution in [2.24, 2.45) is 0 Å². The van der Waals surface area contributed by atoms with Crippen LogP contribution in [-0.4, -0.2) is 36.0 Å². The van der Waals surface area contributed by atoms with Crippen LogP contribution in [0, 0.1) is 0 Å². The molecule has 94 valence electrons. The number of aromatic nitrogens is 5. The van der Waals surface area contributed by atoms with Gasteiger partial charge in [-0.1, -0.05) is 11.3 Å². The van der Waals surface area contributed by atoms with Gasteiger partial charge in [-0.2, -0.15) is 0 Å². The van der Waals surface area contributed by atoms with Crippen molar-refractivity contribution in [2.75, 3.05) is 0 Å². The highest BCUT2D eigenvalue weighted by molar-refractivity contribution is 5.84. The molecular formula is C12H9N5O2. The molecular weight excluding hydrogens is 246 g/mol. The molecule has 0 saturated carbocycles. The zero-order valence-electron chi connectivity index (χ0n) is 9.76. The smallest absolute Gasteiger partial charge is 0.358 e. The molecule has 7 nitrogen and oxygen atoms in total. The van der Waals surface area contributed by atoms with E-state index in [-0.39, 0.29) is 5.69 Å². The van der Waals surface area contributed by atoms with Crippen LogP contribution in [0.1, 0.15) is 16.1 Å². The number of rotatable bonds is 3. The van der Waals surface area contributed by atoms with Crippen LogP contribution < -0.4 is 0 Å². The van der Waals surface area contributed by atoms with E-state index in [1.807, 2.05) is 18.2 Å². The van der Waals surface area contributed by atoms with E-state index in [9.17, 15) is 4.79 Å². The van der Waals surface area contributed by atoms with Gasteiger partial charge in [0.15, 0.2) is 5.69 Å². The zero-order valence-corrected chi connectivity index (χ0v) is 9.76. The normalized spacial score (nSPS) is 10.7. The number of carboxylic acids is 1. The van der Waals surface area contributed by atoms with Crippen LogP contribution in [-0.2, 0) is 6.54 Å². The summed E-state index contributed by atoms with van der Waals surface area (Å²) in [5, 5.41) is 16.1. The van der Waals surface area contributed by atoms with Gasteiger partial charge in [0.2, 0.25) is 0 Å². The van der Waals surface area contributed by atoms with E-state index in [2.05, 4.69) is 20.3 Å². The molecule has 0 bridgehead atoms. The predicted octanol–water partition coefficient (Wildman–Crippen LogP) is 0.968. The molecule has 0 aliphatic rings. The van der Waals surface area contributed by atoms with Crippen LogP contribution in [0.5, 0.6) is 0 Å². The molecule has 0 amide bonds. The molecule has 1 aromatic carbocycles. The molecule has 1 N–H and O–H groups in total. The van der Waals surface area contributed by atoms with E-state index in [4.69, 9.17) is 5.11 Å². The summed E-state index contributed by atoms with van der Waals surface area (Å²) >= 11 is 0. The summed E-state index contributed by atoms with van der Waals surface area (Å²) < 4.78 is 1.47. The molecule has 0 unspecified atom stereocenters. The maximum absolute atomic E-state index is 10.7. The molecule has 19 heavy (non-hydrogen) atoms. The largest absolute Gasteiger partial charge is 0.476 e. The van der Waals surface area contributed by atoms with Crippen LogP contribution >= 0.6 is 0 Å². The maximum atomic E-state index is 10.7. The molecule has 0 fully saturated rings. The highest BCUT2D eigenvalue weighted by Crippen LogP contribution is 2.11. The summed E-state index contributed by atoms with van der Waals surface area (Å²) in [7, 11) is 0. The third-order valence-corrected chi connectivity index (χ3v) is 2.64. The molecule has 3 rings (SSSR count). The monoisotopic (exact) mass is 255 g/mol. The van der Waals surface area contributed by atoms with E-state index in [0.717, 1.165) is 16.6 Å². The third kappa shape index (κ3) is 2.25. The summed E-state index contributed by atoms with van der Waals surface area (Å²) in [6.45, 7) is 0.437. The second-order valence-corrected chi connectivity index (χ2v) is 3.99. The van der Waals surface area contributed by atoms with Crippen molar-refractivity contribution in [2.45, 2.75) is 6.54 Å². The summed E-state index contributed by atoms with van der Waals surface area (Å²) in [6.07, 6.45) is 4.66. The summed E-state index contributed by atoms with van der Waals surface area (Å²) in [5.41, 5.74) is 2.49. The molecule has 0 aliphatic heterocycles. The predicted molar refractivity (Wildman–Crippen MR) is 65.6 cm³/mol. The van der Waals surface area contributed by atoms with Gasteiger partial charge in [-0.15, -0.1) is 5.10 Å². The van der Waals surface area contributed by atoms with E-state index in [0.29, 0.717) is 6.54 Å². The Balaban J connectivity index is 1.89. The fourth-order valence-electron chi connectivity index (χ4n) is 1.77. The number of hydrogen-bond acceptors (Lipinski definition) is 5. The molecule has 2 aromatic heterocycles. The van der Waals surface area contributed by atoms with Gasteiger partial charge >= 0.3 is 5.97 Å². The van der Waals surface area contributed by atoms with Gasteiger partial charge in [0.25, 0.3) is 0 Å². The summed E-state index contributed by atoms with van der Waals surface area (Å²) in [6, 6.07) is 5.66. The van der Waals surface area contributed by atoms with Gasteiger partial charge in [-0.25, -0.2) is 9.48 Å². The van der Waals surface area contributed by atoms with Crippen molar-refractivity contribution in [3.63, 3.8) is 0 Å². The van der Waals surface area contributed by atoms with Crippen LogP contribution in [0.2, 0.25) is 0 Å². The average molecular weight is 255 g/mol. The fourth-order valence-corrected chi connectivity index (χ4v) is 1.77. The van der Waals surface area contributed by atoms with E-state index in [1.54, 1.807) is 12.4 Å². The fraction of sp³-hybridized carbons (Fsp3) is 0.0833. The SMILES string of the molecule is O=C(O)c1cn(Cc2ccc3nccnc3c2)nn1. The standard InChI is InChI=1S/C12H9N5O2/c18-12(19)11-7-17(16-15-11)6-8-1-2-9-10(5-8)14-4-3-13-9/h1-5,7H,6H2,(H,18,19). The van der Waals surface area contributed by atoms with Crippen molar-refractivity contribution < 1.29 is 9.90 Å². The second kappa shape index (κ2) is 4.45. The lowest BCUT2D eigenvalue weighted by Crippen LogP contribution is -2.01. The Morgan fingerprint density at radius 2 is 2.00 bits per heavy atom. The Labute approximate surface area is 107 Å². The molecule has 0 aliphatic carbocycles. The Morgan fingerprint density at radius 3 is 2.74 bits per heavy atom. The minimum Gasteiger partial charge on any atom is -0.476 e. The Hall–Kier alpha value is -2.83. The van der Waals surface area contributed by atoms with Crippen molar-refractivity contribution in [3.8, 4) is 0 Å². The maximum Gasteiger partial charge on any atom is 0.358 e. The van der Waals surface area contributed by atoms with Crippen LogP contribution in [0.3, 0.4) is 0 Å². The topological polar surface area (TPSA) is 93.8 Å². The third-order valence-electron chi connectivity index (χ3n) is 2.64. The first kappa shape index (κ1) is 11.3. The van der Waals surface area contributed by atoms with Gasteiger partial charge < -0.3 is 5.11 Å². The first-order valence-corrected chi connectivity index (χ1v) is 5.55. The highest BCUT2D eigenvalue weighted by atomic mass is 16.4. The minimum absolute atomic E-state index is 0.0689. The van der Waals surface area contributed by atoms with Crippen LogP contribution in [0.15, 0.2) is 36.8 Å². The van der Waals surface area contributed by atoms with Crippen LogP contribution in [0.4, 0.5) is 0 Å². The van der Waals surface area contributed by atoms with E-state index < -0.39 is 5.97 Å². The van der Waals surface area contributed by atoms with Crippen LogP contribution in [0.25, 0.3) is 11.0 Å². The first-order valence-electron chi connectivity index (χ1n) is 5.55. The number of hydrogen-bond donors (Lipinski definition) is 1. The van der Waals surface area contributed by atoms with Crippen molar-refractivity contribution in [1.82, 2.24) is 25.0 Å². The van der Waals surface area contributed by atoms with Crippen molar-refractivity contribution in [1.29, 1.82) is 0 Å². The Bertz CT molecular complexity index is 752. The molecule has 2 heterocycles. The molecule has 0 atom stereocenters. The lowest BCUT2D eigenvalue weighted by molar-refractivity contribution is 0.0690. The van der Waals surface area contributed by atoms with Crippen molar-refractivity contribution in [3.05, 3.63) is 48.0 Å². The Morgan fingerprint density at radius 1 is 1.21 bits per heavy atom. The second-order valence-electron chi connectivity index (χ2n) is 3.99. The summed E-state index contributed by atoms with van der Waals surface area (Å²) in [4.78, 5) is 19.1. The zero-order chi connectivity index (χ0) is 13.2. The lowest BCUT2D eigenvalue weighted by atomic mass is 10.2. The van der Waals surface area contributed by atoms with Gasteiger partial charge in [-0.05, 0) is 17.7 Å².